The third-order valence-electron chi connectivity index (χ3n) is 3.87. The van der Waals surface area contributed by atoms with E-state index in [9.17, 15) is 0 Å². The topological polar surface area (TPSA) is 43.6 Å². The summed E-state index contributed by atoms with van der Waals surface area (Å²) in [5.74, 6) is 3.24. The van der Waals surface area contributed by atoms with Gasteiger partial charge in [-0.2, -0.15) is 0 Å². The van der Waals surface area contributed by atoms with Gasteiger partial charge in [0, 0.05) is 12.1 Å². The van der Waals surface area contributed by atoms with Crippen LogP contribution in [0.4, 0.5) is 0 Å². The van der Waals surface area contributed by atoms with E-state index in [4.69, 9.17) is 25.5 Å². The van der Waals surface area contributed by atoms with E-state index in [1.807, 2.05) is 54.6 Å². The maximum atomic E-state index is 6.20. The van der Waals surface area contributed by atoms with Gasteiger partial charge < -0.3 is 19.2 Å². The number of rotatable bonds is 5. The van der Waals surface area contributed by atoms with Gasteiger partial charge in [-0.1, -0.05) is 29.8 Å². The van der Waals surface area contributed by atoms with Gasteiger partial charge in [-0.25, -0.2) is 0 Å². The van der Waals surface area contributed by atoms with Gasteiger partial charge in [-0.05, 0) is 42.0 Å². The Labute approximate surface area is 145 Å². The molecule has 2 aromatic carbocycles. The maximum absolute atomic E-state index is 6.20. The molecule has 4 nitrogen and oxygen atoms in total. The van der Waals surface area contributed by atoms with E-state index in [1.165, 1.54) is 0 Å². The zero-order valence-corrected chi connectivity index (χ0v) is 13.7. The monoisotopic (exact) mass is 341 g/mol. The van der Waals surface area contributed by atoms with Gasteiger partial charge >= 0.3 is 0 Å². The molecule has 0 fully saturated rings. The van der Waals surface area contributed by atoms with E-state index >= 15 is 0 Å². The average molecular weight is 342 g/mol. The highest BCUT2D eigenvalue weighted by molar-refractivity contribution is 6.33. The van der Waals surface area contributed by atoms with E-state index in [1.54, 1.807) is 0 Å². The van der Waals surface area contributed by atoms with E-state index in [0.29, 0.717) is 18.4 Å². The van der Waals surface area contributed by atoms with Gasteiger partial charge in [0.1, 0.15) is 11.5 Å². The Kier molecular flexibility index (Phi) is 4.15. The van der Waals surface area contributed by atoms with Crippen LogP contribution in [0.25, 0.3) is 11.3 Å². The van der Waals surface area contributed by atoms with E-state index < -0.39 is 0 Å². The first-order chi connectivity index (χ1) is 11.8. The number of fused-ring (bicyclic) bond motifs is 1. The predicted octanol–water partition coefficient (Wildman–Crippen LogP) is 4.62. The lowest BCUT2D eigenvalue weighted by Crippen LogP contribution is -2.11. The molecule has 1 aliphatic rings. The number of hydrogen-bond acceptors (Lipinski definition) is 4. The van der Waals surface area contributed by atoms with E-state index in [2.05, 4.69) is 5.32 Å². The van der Waals surface area contributed by atoms with Crippen molar-refractivity contribution in [2.24, 2.45) is 0 Å². The van der Waals surface area contributed by atoms with Gasteiger partial charge in [0.05, 0.1) is 11.6 Å². The molecule has 1 N–H and O–H groups in total. The second-order valence-electron chi connectivity index (χ2n) is 5.54. The lowest BCUT2D eigenvalue weighted by molar-refractivity contribution is 0.174. The molecule has 0 saturated carbocycles. The van der Waals surface area contributed by atoms with Crippen LogP contribution in [0.5, 0.6) is 11.5 Å². The largest absolute Gasteiger partial charge is 0.460 e. The Morgan fingerprint density at radius 2 is 1.79 bits per heavy atom. The molecule has 5 heteroatoms. The second kappa shape index (κ2) is 6.59. The normalized spacial score (nSPS) is 12.5. The summed E-state index contributed by atoms with van der Waals surface area (Å²) in [5.41, 5.74) is 2.04. The SMILES string of the molecule is Clc1ccccc1-c1ccc(CNCc2ccc3c(c2)OCO3)o1. The van der Waals surface area contributed by atoms with Crippen LogP contribution in [0, 0.1) is 0 Å². The number of nitrogens with one attached hydrogen (secondary N) is 1. The highest BCUT2D eigenvalue weighted by Crippen LogP contribution is 2.32. The average Bonchev–Trinajstić information content (AvgIpc) is 3.24. The summed E-state index contributed by atoms with van der Waals surface area (Å²) in [5, 5.41) is 4.05. The van der Waals surface area contributed by atoms with Gasteiger partial charge in [0.2, 0.25) is 6.79 Å². The molecule has 1 aromatic heterocycles. The van der Waals surface area contributed by atoms with Crippen molar-refractivity contribution in [3.05, 3.63) is 70.9 Å². The molecule has 0 bridgehead atoms. The van der Waals surface area contributed by atoms with Crippen LogP contribution >= 0.6 is 11.6 Å². The zero-order chi connectivity index (χ0) is 16.4. The van der Waals surface area contributed by atoms with Gasteiger partial charge in [0.25, 0.3) is 0 Å². The number of halogens is 1. The molecule has 1 aliphatic heterocycles. The van der Waals surface area contributed by atoms with Gasteiger partial charge in [0.15, 0.2) is 11.5 Å². The summed E-state index contributed by atoms with van der Waals surface area (Å²) in [7, 11) is 0. The molecule has 0 unspecified atom stereocenters. The fourth-order valence-corrected chi connectivity index (χ4v) is 2.89. The lowest BCUT2D eigenvalue weighted by atomic mass is 10.2. The van der Waals surface area contributed by atoms with Crippen LogP contribution in [0.15, 0.2) is 59.0 Å². The van der Waals surface area contributed by atoms with Crippen molar-refractivity contribution >= 4 is 11.6 Å². The van der Waals surface area contributed by atoms with Crippen molar-refractivity contribution in [3.8, 4) is 22.8 Å². The van der Waals surface area contributed by atoms with Crippen LogP contribution < -0.4 is 14.8 Å². The number of ether oxygens (including phenoxy) is 2. The van der Waals surface area contributed by atoms with Crippen molar-refractivity contribution in [2.45, 2.75) is 13.1 Å². The molecule has 0 amide bonds. The van der Waals surface area contributed by atoms with Gasteiger partial charge in [-0.3, -0.25) is 0 Å². The predicted molar refractivity (Wildman–Crippen MR) is 92.3 cm³/mol. The molecule has 2 heterocycles. The first-order valence-corrected chi connectivity index (χ1v) is 8.10. The van der Waals surface area contributed by atoms with E-state index in [-0.39, 0.29) is 0 Å². The molecule has 4 rings (SSSR count). The molecule has 122 valence electrons. The molecular weight excluding hydrogens is 326 g/mol. The van der Waals surface area contributed by atoms with E-state index in [0.717, 1.165) is 40.7 Å². The Morgan fingerprint density at radius 1 is 0.917 bits per heavy atom. The van der Waals surface area contributed by atoms with Crippen molar-refractivity contribution < 1.29 is 13.9 Å². The van der Waals surface area contributed by atoms with Crippen LogP contribution in [-0.4, -0.2) is 6.79 Å². The molecule has 0 spiro atoms. The smallest absolute Gasteiger partial charge is 0.231 e. The molecular formula is C19H16ClNO3. The van der Waals surface area contributed by atoms with Crippen LogP contribution in [-0.2, 0) is 13.1 Å². The summed E-state index contributed by atoms with van der Waals surface area (Å²) in [6.45, 7) is 1.65. The molecule has 0 atom stereocenters. The highest BCUT2D eigenvalue weighted by Gasteiger charge is 2.13. The Bertz CT molecular complexity index is 859. The maximum Gasteiger partial charge on any atom is 0.231 e. The third-order valence-corrected chi connectivity index (χ3v) is 4.20. The van der Waals surface area contributed by atoms with Crippen molar-refractivity contribution in [3.63, 3.8) is 0 Å². The van der Waals surface area contributed by atoms with Crippen molar-refractivity contribution in [1.82, 2.24) is 5.32 Å². The molecule has 24 heavy (non-hydrogen) atoms. The quantitative estimate of drug-likeness (QED) is 0.735. The zero-order valence-electron chi connectivity index (χ0n) is 12.9. The summed E-state index contributed by atoms with van der Waals surface area (Å²) in [6.07, 6.45) is 0. The standard InChI is InChI=1S/C19H16ClNO3/c20-16-4-2-1-3-15(16)17-8-6-14(24-17)11-21-10-13-5-7-18-19(9-13)23-12-22-18/h1-9,21H,10-12H2. The van der Waals surface area contributed by atoms with Crippen LogP contribution in [0.2, 0.25) is 5.02 Å². The van der Waals surface area contributed by atoms with Gasteiger partial charge in [-0.15, -0.1) is 0 Å². The Balaban J connectivity index is 1.38. The summed E-state index contributed by atoms with van der Waals surface area (Å²) < 4.78 is 16.6. The summed E-state index contributed by atoms with van der Waals surface area (Å²) in [4.78, 5) is 0. The minimum absolute atomic E-state index is 0.295. The Hall–Kier alpha value is -2.43. The third kappa shape index (κ3) is 3.11. The molecule has 0 radical (unpaired) electrons. The minimum atomic E-state index is 0.295. The lowest BCUT2D eigenvalue weighted by Gasteiger charge is -2.05. The molecule has 0 aliphatic carbocycles. The molecule has 0 saturated heterocycles. The fourth-order valence-electron chi connectivity index (χ4n) is 2.66. The number of hydrogen-bond donors (Lipinski definition) is 1. The minimum Gasteiger partial charge on any atom is -0.460 e. The van der Waals surface area contributed by atoms with Crippen LogP contribution in [0.3, 0.4) is 0 Å². The van der Waals surface area contributed by atoms with Crippen LogP contribution in [0.1, 0.15) is 11.3 Å². The first kappa shape index (κ1) is 15.1. The van der Waals surface area contributed by atoms with Crippen molar-refractivity contribution in [2.75, 3.05) is 6.79 Å². The first-order valence-electron chi connectivity index (χ1n) is 7.72. The summed E-state index contributed by atoms with van der Waals surface area (Å²) in [6, 6.07) is 17.5. The number of benzene rings is 2. The Morgan fingerprint density at radius 3 is 2.71 bits per heavy atom. The second-order valence-corrected chi connectivity index (χ2v) is 5.94. The molecule has 3 aromatic rings. The highest BCUT2D eigenvalue weighted by atomic mass is 35.5. The fraction of sp³-hybridized carbons (Fsp3) is 0.158. The number of furan rings is 1. The summed E-state index contributed by atoms with van der Waals surface area (Å²) >= 11 is 6.20. The van der Waals surface area contributed by atoms with Crippen molar-refractivity contribution in [1.29, 1.82) is 0 Å².